The molecule has 2 atom stereocenters. The maximum atomic E-state index is 6.11. The molecule has 2 saturated heterocycles. The zero-order valence-corrected chi connectivity index (χ0v) is 13.4. The van der Waals surface area contributed by atoms with Gasteiger partial charge < -0.3 is 10.1 Å². The largest absolute Gasteiger partial charge is 0.375 e. The standard InChI is InChI=1S/C17H32N2O/c1-14(2)19(13-15-6-3-4-10-18-15)16-7-11-20-17(12-16)8-5-9-17/h14-16,18H,3-13H2,1-2H3. The summed E-state index contributed by atoms with van der Waals surface area (Å²) in [7, 11) is 0. The van der Waals surface area contributed by atoms with Crippen LogP contribution in [0.15, 0.2) is 0 Å². The van der Waals surface area contributed by atoms with Crippen LogP contribution in [0, 0.1) is 0 Å². The summed E-state index contributed by atoms with van der Waals surface area (Å²) < 4.78 is 6.11. The lowest BCUT2D eigenvalue weighted by Gasteiger charge is -2.51. The third-order valence-electron chi connectivity index (χ3n) is 5.71. The molecule has 0 aromatic heterocycles. The van der Waals surface area contributed by atoms with E-state index in [-0.39, 0.29) is 5.60 Å². The highest BCUT2D eigenvalue weighted by molar-refractivity contribution is 4.97. The van der Waals surface area contributed by atoms with Gasteiger partial charge in [-0.2, -0.15) is 0 Å². The van der Waals surface area contributed by atoms with E-state index < -0.39 is 0 Å². The molecule has 3 nitrogen and oxygen atoms in total. The number of hydrogen-bond donors (Lipinski definition) is 1. The van der Waals surface area contributed by atoms with Gasteiger partial charge in [-0.05, 0) is 65.3 Å². The van der Waals surface area contributed by atoms with Crippen molar-refractivity contribution >= 4 is 0 Å². The zero-order chi connectivity index (χ0) is 14.0. The highest BCUT2D eigenvalue weighted by Gasteiger charge is 2.44. The number of nitrogens with one attached hydrogen (secondary N) is 1. The molecule has 2 unspecified atom stereocenters. The Kier molecular flexibility index (Phi) is 4.68. The molecule has 3 rings (SSSR count). The SMILES string of the molecule is CC(C)N(CC1CCCCN1)C1CCOC2(CCC2)C1. The average molecular weight is 280 g/mol. The van der Waals surface area contributed by atoms with Crippen LogP contribution in [-0.4, -0.2) is 48.3 Å². The van der Waals surface area contributed by atoms with Crippen molar-refractivity contribution in [2.24, 2.45) is 0 Å². The predicted molar refractivity (Wildman–Crippen MR) is 83.0 cm³/mol. The topological polar surface area (TPSA) is 24.5 Å². The minimum Gasteiger partial charge on any atom is -0.375 e. The first-order valence-corrected chi connectivity index (χ1v) is 8.82. The first-order chi connectivity index (χ1) is 9.69. The molecule has 0 radical (unpaired) electrons. The molecule has 1 aliphatic carbocycles. The summed E-state index contributed by atoms with van der Waals surface area (Å²) in [6, 6.07) is 2.11. The summed E-state index contributed by atoms with van der Waals surface area (Å²) in [6.07, 6.45) is 10.6. The van der Waals surface area contributed by atoms with Gasteiger partial charge in [-0.25, -0.2) is 0 Å². The number of ether oxygens (including phenoxy) is 1. The summed E-state index contributed by atoms with van der Waals surface area (Å²) in [5.41, 5.74) is 0.274. The zero-order valence-electron chi connectivity index (χ0n) is 13.4. The summed E-state index contributed by atoms with van der Waals surface area (Å²) in [5, 5.41) is 3.72. The molecule has 0 aromatic rings. The lowest BCUT2D eigenvalue weighted by atomic mass is 9.73. The summed E-state index contributed by atoms with van der Waals surface area (Å²) in [6.45, 7) is 8.16. The van der Waals surface area contributed by atoms with Crippen LogP contribution >= 0.6 is 0 Å². The molecule has 3 fully saturated rings. The molecule has 0 bridgehead atoms. The van der Waals surface area contributed by atoms with Crippen LogP contribution in [0.25, 0.3) is 0 Å². The van der Waals surface area contributed by atoms with Gasteiger partial charge in [0.2, 0.25) is 0 Å². The van der Waals surface area contributed by atoms with E-state index in [9.17, 15) is 0 Å². The minimum absolute atomic E-state index is 0.274. The Balaban J connectivity index is 1.60. The Hall–Kier alpha value is -0.120. The van der Waals surface area contributed by atoms with Gasteiger partial charge in [0.15, 0.2) is 0 Å². The van der Waals surface area contributed by atoms with Crippen LogP contribution in [0.5, 0.6) is 0 Å². The molecule has 20 heavy (non-hydrogen) atoms. The molecular formula is C17H32N2O. The highest BCUT2D eigenvalue weighted by Crippen LogP contribution is 2.43. The van der Waals surface area contributed by atoms with Crippen LogP contribution < -0.4 is 5.32 Å². The van der Waals surface area contributed by atoms with Crippen molar-refractivity contribution in [3.05, 3.63) is 0 Å². The number of hydrogen-bond acceptors (Lipinski definition) is 3. The lowest BCUT2D eigenvalue weighted by molar-refractivity contribution is -0.151. The van der Waals surface area contributed by atoms with Crippen LogP contribution in [0.3, 0.4) is 0 Å². The van der Waals surface area contributed by atoms with Crippen molar-refractivity contribution in [3.8, 4) is 0 Å². The van der Waals surface area contributed by atoms with Gasteiger partial charge in [0.05, 0.1) is 5.60 Å². The van der Waals surface area contributed by atoms with E-state index in [2.05, 4.69) is 24.1 Å². The summed E-state index contributed by atoms with van der Waals surface area (Å²) >= 11 is 0. The molecule has 2 heterocycles. The van der Waals surface area contributed by atoms with Crippen molar-refractivity contribution in [2.45, 2.75) is 88.9 Å². The fourth-order valence-corrected chi connectivity index (χ4v) is 4.32. The average Bonchev–Trinajstić information content (AvgIpc) is 2.44. The number of nitrogens with zero attached hydrogens (tertiary/aromatic N) is 1. The van der Waals surface area contributed by atoms with Crippen molar-refractivity contribution in [3.63, 3.8) is 0 Å². The maximum Gasteiger partial charge on any atom is 0.0697 e. The minimum atomic E-state index is 0.274. The summed E-state index contributed by atoms with van der Waals surface area (Å²) in [5.74, 6) is 0. The predicted octanol–water partition coefficient (Wildman–Crippen LogP) is 2.94. The van der Waals surface area contributed by atoms with Gasteiger partial charge in [-0.3, -0.25) is 4.90 Å². The second kappa shape index (κ2) is 6.33. The Morgan fingerprint density at radius 2 is 2.05 bits per heavy atom. The third-order valence-corrected chi connectivity index (χ3v) is 5.71. The molecular weight excluding hydrogens is 248 g/mol. The molecule has 3 aliphatic rings. The van der Waals surface area contributed by atoms with E-state index >= 15 is 0 Å². The smallest absolute Gasteiger partial charge is 0.0697 e. The fraction of sp³-hybridized carbons (Fsp3) is 1.00. The second-order valence-corrected chi connectivity index (χ2v) is 7.47. The van der Waals surface area contributed by atoms with Gasteiger partial charge in [0, 0.05) is 31.3 Å². The van der Waals surface area contributed by atoms with Crippen molar-refractivity contribution < 1.29 is 4.74 Å². The van der Waals surface area contributed by atoms with Crippen molar-refractivity contribution in [2.75, 3.05) is 19.7 Å². The Morgan fingerprint density at radius 1 is 1.20 bits per heavy atom. The van der Waals surface area contributed by atoms with Crippen molar-refractivity contribution in [1.29, 1.82) is 0 Å². The molecule has 116 valence electrons. The van der Waals surface area contributed by atoms with E-state index in [0.29, 0.717) is 12.1 Å². The molecule has 2 aliphatic heterocycles. The molecule has 1 spiro atoms. The van der Waals surface area contributed by atoms with E-state index in [1.165, 1.54) is 64.5 Å². The lowest BCUT2D eigenvalue weighted by Crippen LogP contribution is -2.56. The Labute approximate surface area is 124 Å². The number of piperidine rings is 1. The number of rotatable bonds is 4. The highest BCUT2D eigenvalue weighted by atomic mass is 16.5. The van der Waals surface area contributed by atoms with Gasteiger partial charge in [-0.15, -0.1) is 0 Å². The molecule has 1 N–H and O–H groups in total. The Bertz CT molecular complexity index is 308. The molecule has 3 heteroatoms. The fourth-order valence-electron chi connectivity index (χ4n) is 4.32. The van der Waals surface area contributed by atoms with Crippen LogP contribution in [-0.2, 0) is 4.74 Å². The van der Waals surface area contributed by atoms with Gasteiger partial charge in [0.1, 0.15) is 0 Å². The van der Waals surface area contributed by atoms with Gasteiger partial charge in [0.25, 0.3) is 0 Å². The van der Waals surface area contributed by atoms with Crippen LogP contribution in [0.1, 0.15) is 65.2 Å². The molecule has 1 saturated carbocycles. The first kappa shape index (κ1) is 14.8. The van der Waals surface area contributed by atoms with E-state index in [0.717, 1.165) is 12.6 Å². The quantitative estimate of drug-likeness (QED) is 0.857. The summed E-state index contributed by atoms with van der Waals surface area (Å²) in [4.78, 5) is 2.77. The van der Waals surface area contributed by atoms with E-state index in [1.54, 1.807) is 0 Å². The normalized spacial score (nSPS) is 33.6. The maximum absolute atomic E-state index is 6.11. The van der Waals surface area contributed by atoms with E-state index in [4.69, 9.17) is 4.74 Å². The van der Waals surface area contributed by atoms with E-state index in [1.807, 2.05) is 0 Å². The third kappa shape index (κ3) is 3.20. The van der Waals surface area contributed by atoms with Crippen molar-refractivity contribution in [1.82, 2.24) is 10.2 Å². The van der Waals surface area contributed by atoms with Gasteiger partial charge in [-0.1, -0.05) is 6.42 Å². The first-order valence-electron chi connectivity index (χ1n) is 8.82. The van der Waals surface area contributed by atoms with Crippen LogP contribution in [0.2, 0.25) is 0 Å². The molecule has 0 aromatic carbocycles. The second-order valence-electron chi connectivity index (χ2n) is 7.47. The van der Waals surface area contributed by atoms with Crippen LogP contribution in [0.4, 0.5) is 0 Å². The monoisotopic (exact) mass is 280 g/mol. The molecule has 0 amide bonds. The Morgan fingerprint density at radius 3 is 2.65 bits per heavy atom. The van der Waals surface area contributed by atoms with Gasteiger partial charge >= 0.3 is 0 Å².